The number of rotatable bonds is 8. The van der Waals surface area contributed by atoms with Crippen molar-refractivity contribution in [1.82, 2.24) is 0 Å². The minimum Gasteiger partial charge on any atom is -0.504 e. The Kier molecular flexibility index (Phi) is 7.97. The lowest BCUT2D eigenvalue weighted by Gasteiger charge is -2.48. The van der Waals surface area contributed by atoms with Gasteiger partial charge in [-0.15, -0.1) is 0 Å². The molecule has 4 rings (SSSR count). The monoisotopic (exact) mass is 510 g/mol. The van der Waals surface area contributed by atoms with Crippen LogP contribution in [0.2, 0.25) is 0 Å². The van der Waals surface area contributed by atoms with Crippen LogP contribution in [0.15, 0.2) is 66.3 Å². The van der Waals surface area contributed by atoms with Gasteiger partial charge in [0, 0.05) is 12.5 Å². The topological polar surface area (TPSA) is 132 Å². The van der Waals surface area contributed by atoms with E-state index in [0.717, 1.165) is 5.56 Å². The summed E-state index contributed by atoms with van der Waals surface area (Å²) in [6.07, 6.45) is 0.652. The molecule has 0 aromatic heterocycles. The fraction of sp³-hybridized carbons (Fsp3) is 0.357. The Hall–Kier alpha value is -3.66. The lowest BCUT2D eigenvalue weighted by molar-refractivity contribution is -0.329. The molecule has 9 heteroatoms. The van der Waals surface area contributed by atoms with Crippen LogP contribution in [0.4, 0.5) is 0 Å². The van der Waals surface area contributed by atoms with Gasteiger partial charge in [-0.1, -0.05) is 42.5 Å². The highest BCUT2D eigenvalue weighted by molar-refractivity contribution is 5.94. The van der Waals surface area contributed by atoms with Crippen molar-refractivity contribution in [2.75, 3.05) is 7.11 Å². The number of ether oxygens (including phenoxy) is 4. The van der Waals surface area contributed by atoms with Crippen LogP contribution in [0.5, 0.6) is 11.5 Å². The number of aliphatic hydroxyl groups excluding tert-OH is 1. The van der Waals surface area contributed by atoms with Crippen molar-refractivity contribution in [3.8, 4) is 11.5 Å². The summed E-state index contributed by atoms with van der Waals surface area (Å²) in [5.41, 5.74) is 1.82. The molecule has 9 nitrogen and oxygen atoms in total. The molecule has 2 heterocycles. The maximum atomic E-state index is 13.5. The zero-order valence-electron chi connectivity index (χ0n) is 20.6. The Labute approximate surface area is 214 Å². The second-order valence-corrected chi connectivity index (χ2v) is 9.02. The molecule has 2 aromatic rings. The molecule has 2 aliphatic rings. The second-order valence-electron chi connectivity index (χ2n) is 9.02. The van der Waals surface area contributed by atoms with Crippen molar-refractivity contribution in [3.05, 3.63) is 77.4 Å². The highest BCUT2D eigenvalue weighted by Gasteiger charge is 2.57. The molecule has 0 amide bonds. The third-order valence-corrected chi connectivity index (χ3v) is 6.36. The number of esters is 2. The zero-order chi connectivity index (χ0) is 26.6. The van der Waals surface area contributed by atoms with E-state index in [2.05, 4.69) is 0 Å². The average Bonchev–Trinajstić information content (AvgIpc) is 2.88. The maximum absolute atomic E-state index is 13.5. The summed E-state index contributed by atoms with van der Waals surface area (Å²) in [7, 11) is 1.42. The molecular weight excluding hydrogens is 480 g/mol. The van der Waals surface area contributed by atoms with Crippen molar-refractivity contribution in [2.24, 2.45) is 0 Å². The highest BCUT2D eigenvalue weighted by Crippen LogP contribution is 2.38. The quantitative estimate of drug-likeness (QED) is 0.279. The van der Waals surface area contributed by atoms with Gasteiger partial charge in [0.05, 0.1) is 13.2 Å². The smallest absolute Gasteiger partial charge is 0.334 e. The number of aryl methyl sites for hydroxylation is 1. The number of aromatic hydroxyl groups is 1. The van der Waals surface area contributed by atoms with Gasteiger partial charge in [0.25, 0.3) is 0 Å². The van der Waals surface area contributed by atoms with Gasteiger partial charge in [0.1, 0.15) is 6.10 Å². The van der Waals surface area contributed by atoms with Crippen LogP contribution in [0.25, 0.3) is 6.08 Å². The van der Waals surface area contributed by atoms with Gasteiger partial charge in [-0.2, -0.15) is 0 Å². The molecule has 5 atom stereocenters. The Morgan fingerprint density at radius 2 is 1.92 bits per heavy atom. The number of hydrogen-bond acceptors (Lipinski definition) is 9. The molecule has 0 spiro atoms. The van der Waals surface area contributed by atoms with Crippen LogP contribution in [-0.2, 0) is 30.2 Å². The largest absolute Gasteiger partial charge is 0.504 e. The standard InChI is InChI=1S/C28H30O9/c1-17(29)35-25-24(31)22-9-6-14-28(33,37-22)26(25)36-27(32)20(12-10-18-7-4-3-5-8-18)15-19-11-13-21(30)23(16-19)34-2/h3-8,11,13-16,22,24-26,30-31,33H,9-10,12H2,1-2H3/b20-15+/t22-,24-,25+,26+,28+/m0/s1. The first kappa shape index (κ1) is 26.4. The Balaban J connectivity index is 1.66. The van der Waals surface area contributed by atoms with E-state index in [1.54, 1.807) is 24.3 Å². The van der Waals surface area contributed by atoms with Gasteiger partial charge in [0.2, 0.25) is 5.79 Å². The van der Waals surface area contributed by atoms with Crippen LogP contribution in [-0.4, -0.2) is 64.6 Å². The van der Waals surface area contributed by atoms with E-state index in [-0.39, 0.29) is 23.5 Å². The number of benzene rings is 2. The molecule has 1 saturated heterocycles. The van der Waals surface area contributed by atoms with Crippen LogP contribution in [0.1, 0.15) is 30.9 Å². The molecule has 2 bridgehead atoms. The molecule has 37 heavy (non-hydrogen) atoms. The van der Waals surface area contributed by atoms with Gasteiger partial charge in [-0.3, -0.25) is 4.79 Å². The molecule has 1 fully saturated rings. The lowest BCUT2D eigenvalue weighted by Crippen LogP contribution is -2.66. The lowest BCUT2D eigenvalue weighted by atomic mass is 9.87. The van der Waals surface area contributed by atoms with Gasteiger partial charge < -0.3 is 34.3 Å². The van der Waals surface area contributed by atoms with E-state index in [4.69, 9.17) is 18.9 Å². The number of carbonyl (C=O) groups is 2. The number of methoxy groups -OCH3 is 1. The predicted molar refractivity (Wildman–Crippen MR) is 132 cm³/mol. The maximum Gasteiger partial charge on any atom is 0.334 e. The van der Waals surface area contributed by atoms with E-state index >= 15 is 0 Å². The van der Waals surface area contributed by atoms with Crippen LogP contribution in [0.3, 0.4) is 0 Å². The molecule has 3 N–H and O–H groups in total. The fourth-order valence-corrected chi connectivity index (χ4v) is 4.51. The van der Waals surface area contributed by atoms with Crippen molar-refractivity contribution in [1.29, 1.82) is 0 Å². The number of carbonyl (C=O) groups excluding carboxylic acids is 2. The minimum atomic E-state index is -2.08. The third kappa shape index (κ3) is 6.02. The van der Waals surface area contributed by atoms with Crippen LogP contribution < -0.4 is 4.74 Å². The van der Waals surface area contributed by atoms with Gasteiger partial charge >= 0.3 is 11.9 Å². The predicted octanol–water partition coefficient (Wildman–Crippen LogP) is 2.67. The van der Waals surface area contributed by atoms with Crippen molar-refractivity contribution in [2.45, 2.75) is 56.4 Å². The molecule has 2 aromatic carbocycles. The first-order valence-electron chi connectivity index (χ1n) is 12.0. The summed E-state index contributed by atoms with van der Waals surface area (Å²) < 4.78 is 21.8. The van der Waals surface area contributed by atoms with E-state index < -0.39 is 42.1 Å². The summed E-state index contributed by atoms with van der Waals surface area (Å²) in [6.45, 7) is 1.17. The van der Waals surface area contributed by atoms with Crippen molar-refractivity contribution >= 4 is 18.0 Å². The van der Waals surface area contributed by atoms with E-state index in [9.17, 15) is 24.9 Å². The van der Waals surface area contributed by atoms with E-state index in [1.807, 2.05) is 30.3 Å². The van der Waals surface area contributed by atoms with Crippen molar-refractivity contribution in [3.63, 3.8) is 0 Å². The molecule has 0 aliphatic carbocycles. The molecule has 2 aliphatic heterocycles. The molecular formula is C28H30O9. The zero-order valence-corrected chi connectivity index (χ0v) is 20.6. The Morgan fingerprint density at radius 1 is 1.16 bits per heavy atom. The molecule has 0 saturated carbocycles. The number of phenolic OH excluding ortho intramolecular Hbond substituents is 1. The van der Waals surface area contributed by atoms with Gasteiger partial charge in [0.15, 0.2) is 23.7 Å². The van der Waals surface area contributed by atoms with Crippen molar-refractivity contribution < 1.29 is 43.9 Å². The number of phenols is 1. The summed E-state index contributed by atoms with van der Waals surface area (Å²) in [4.78, 5) is 25.3. The van der Waals surface area contributed by atoms with Crippen LogP contribution >= 0.6 is 0 Å². The first-order chi connectivity index (χ1) is 17.7. The first-order valence-corrected chi connectivity index (χ1v) is 12.0. The highest BCUT2D eigenvalue weighted by atomic mass is 16.7. The van der Waals surface area contributed by atoms with Crippen LogP contribution in [0, 0.1) is 0 Å². The summed E-state index contributed by atoms with van der Waals surface area (Å²) in [6, 6.07) is 14.2. The Morgan fingerprint density at radius 3 is 2.62 bits per heavy atom. The molecule has 196 valence electrons. The summed E-state index contributed by atoms with van der Waals surface area (Å²) in [5, 5.41) is 31.8. The van der Waals surface area contributed by atoms with E-state index in [0.29, 0.717) is 18.4 Å². The molecule has 0 radical (unpaired) electrons. The number of hydrogen-bond donors (Lipinski definition) is 3. The third-order valence-electron chi connectivity index (χ3n) is 6.36. The second kappa shape index (κ2) is 11.2. The minimum absolute atomic E-state index is 0.0495. The Bertz CT molecular complexity index is 1190. The fourth-order valence-electron chi connectivity index (χ4n) is 4.51. The average molecular weight is 511 g/mol. The summed E-state index contributed by atoms with van der Waals surface area (Å²) >= 11 is 0. The van der Waals surface area contributed by atoms with Gasteiger partial charge in [-0.25, -0.2) is 4.79 Å². The van der Waals surface area contributed by atoms with E-state index in [1.165, 1.54) is 26.2 Å². The molecule has 0 unspecified atom stereocenters. The number of aliphatic hydroxyl groups is 2. The normalized spacial score (nSPS) is 26.9. The summed E-state index contributed by atoms with van der Waals surface area (Å²) in [5.74, 6) is -3.38. The SMILES string of the molecule is COc1cc(/C=C(\CCc2ccccc2)C(=O)O[C@@H]2[C@H](OC(C)=O)[C@@H](O)[C@@H]3CC=C[C@@]2(O)O3)ccc1O. The number of fused-ring (bicyclic) bond motifs is 2. The van der Waals surface area contributed by atoms with Gasteiger partial charge in [-0.05, 0) is 54.7 Å².